The Kier molecular flexibility index (Phi) is 5.81. The molecule has 0 aromatic heterocycles. The Morgan fingerprint density at radius 3 is 2.76 bits per heavy atom. The van der Waals surface area contributed by atoms with Crippen LogP contribution in [0.15, 0.2) is 24.0 Å². The van der Waals surface area contributed by atoms with Crippen molar-refractivity contribution in [3.8, 4) is 0 Å². The van der Waals surface area contributed by atoms with Crippen molar-refractivity contribution < 1.29 is 14.3 Å². The lowest BCUT2D eigenvalue weighted by molar-refractivity contribution is -0.144. The number of rotatable bonds is 6. The van der Waals surface area contributed by atoms with Crippen LogP contribution < -0.4 is 0 Å². The first kappa shape index (κ1) is 13.8. The molecule has 0 aromatic rings. The molecule has 0 saturated heterocycles. The molecule has 2 atom stereocenters. The quantitative estimate of drug-likeness (QED) is 0.527. The normalized spacial score (nSPS) is 23.1. The fourth-order valence-corrected chi connectivity index (χ4v) is 1.86. The van der Waals surface area contributed by atoms with Gasteiger partial charge in [0.2, 0.25) is 0 Å². The first-order valence-electron chi connectivity index (χ1n) is 6.29. The Morgan fingerprint density at radius 2 is 2.18 bits per heavy atom. The SMILES string of the molecule is CCCCCOC1=CC(C)C(C(=O)OC)C=C1. The molecule has 0 amide bonds. The molecule has 3 nitrogen and oxygen atoms in total. The topological polar surface area (TPSA) is 35.5 Å². The van der Waals surface area contributed by atoms with Gasteiger partial charge in [-0.2, -0.15) is 0 Å². The van der Waals surface area contributed by atoms with Gasteiger partial charge in [-0.15, -0.1) is 0 Å². The Hall–Kier alpha value is -1.25. The molecule has 1 aliphatic carbocycles. The van der Waals surface area contributed by atoms with E-state index in [1.807, 2.05) is 25.2 Å². The third-order valence-electron chi connectivity index (χ3n) is 2.95. The number of carbonyl (C=O) groups is 1. The van der Waals surface area contributed by atoms with Gasteiger partial charge in [-0.25, -0.2) is 0 Å². The summed E-state index contributed by atoms with van der Waals surface area (Å²) < 4.78 is 10.4. The van der Waals surface area contributed by atoms with Crippen LogP contribution in [-0.4, -0.2) is 19.7 Å². The highest BCUT2D eigenvalue weighted by Gasteiger charge is 2.25. The van der Waals surface area contributed by atoms with E-state index in [0.29, 0.717) is 0 Å². The van der Waals surface area contributed by atoms with E-state index in [1.54, 1.807) is 0 Å². The molecule has 2 unspecified atom stereocenters. The number of esters is 1. The second-order valence-corrected chi connectivity index (χ2v) is 4.39. The summed E-state index contributed by atoms with van der Waals surface area (Å²) in [6.45, 7) is 4.92. The number of hydrogen-bond acceptors (Lipinski definition) is 3. The van der Waals surface area contributed by atoms with Gasteiger partial charge in [0.15, 0.2) is 0 Å². The summed E-state index contributed by atoms with van der Waals surface area (Å²) in [5.74, 6) is 0.639. The summed E-state index contributed by atoms with van der Waals surface area (Å²) in [4.78, 5) is 11.4. The maximum Gasteiger partial charge on any atom is 0.313 e. The van der Waals surface area contributed by atoms with Gasteiger partial charge in [-0.1, -0.05) is 32.8 Å². The molecule has 0 saturated carbocycles. The zero-order chi connectivity index (χ0) is 12.7. The van der Waals surface area contributed by atoms with Gasteiger partial charge < -0.3 is 9.47 Å². The maximum atomic E-state index is 11.4. The highest BCUT2D eigenvalue weighted by Crippen LogP contribution is 2.24. The van der Waals surface area contributed by atoms with Crippen LogP contribution in [0.2, 0.25) is 0 Å². The van der Waals surface area contributed by atoms with Crippen LogP contribution in [0.1, 0.15) is 33.1 Å². The van der Waals surface area contributed by atoms with Gasteiger partial charge in [0.1, 0.15) is 5.76 Å². The number of hydrogen-bond donors (Lipinski definition) is 0. The number of carbonyl (C=O) groups excluding carboxylic acids is 1. The van der Waals surface area contributed by atoms with E-state index in [1.165, 1.54) is 20.0 Å². The Labute approximate surface area is 103 Å². The van der Waals surface area contributed by atoms with Crippen molar-refractivity contribution in [1.82, 2.24) is 0 Å². The van der Waals surface area contributed by atoms with E-state index in [9.17, 15) is 4.79 Å². The minimum absolute atomic E-state index is 0.133. The summed E-state index contributed by atoms with van der Waals surface area (Å²) in [6.07, 6.45) is 9.19. The van der Waals surface area contributed by atoms with Crippen LogP contribution in [0.25, 0.3) is 0 Å². The Balaban J connectivity index is 2.41. The summed E-state index contributed by atoms with van der Waals surface area (Å²) in [7, 11) is 1.42. The Bertz CT molecular complexity index is 305. The van der Waals surface area contributed by atoms with Gasteiger partial charge in [-0.05, 0) is 24.5 Å². The second-order valence-electron chi connectivity index (χ2n) is 4.39. The van der Waals surface area contributed by atoms with Crippen LogP contribution in [0.3, 0.4) is 0 Å². The van der Waals surface area contributed by atoms with Crippen LogP contribution in [-0.2, 0) is 14.3 Å². The lowest BCUT2D eigenvalue weighted by Gasteiger charge is -2.20. The molecule has 17 heavy (non-hydrogen) atoms. The molecule has 0 radical (unpaired) electrons. The van der Waals surface area contributed by atoms with Gasteiger partial charge in [0.25, 0.3) is 0 Å². The summed E-state index contributed by atoms with van der Waals surface area (Å²) in [6, 6.07) is 0. The fourth-order valence-electron chi connectivity index (χ4n) is 1.86. The van der Waals surface area contributed by atoms with E-state index in [0.717, 1.165) is 18.8 Å². The molecule has 96 valence electrons. The lowest BCUT2D eigenvalue weighted by Crippen LogP contribution is -2.22. The minimum Gasteiger partial charge on any atom is -0.494 e. The van der Waals surface area contributed by atoms with Crippen molar-refractivity contribution in [3.63, 3.8) is 0 Å². The predicted molar refractivity (Wildman–Crippen MR) is 67.4 cm³/mol. The molecule has 0 aliphatic heterocycles. The molecule has 1 rings (SSSR count). The van der Waals surface area contributed by atoms with Crippen molar-refractivity contribution in [2.45, 2.75) is 33.1 Å². The van der Waals surface area contributed by atoms with E-state index in [-0.39, 0.29) is 17.8 Å². The summed E-state index contributed by atoms with van der Waals surface area (Å²) in [5, 5.41) is 0. The molecule has 0 bridgehead atoms. The standard InChI is InChI=1S/C14H22O3/c1-4-5-6-9-17-12-7-8-13(11(2)10-12)14(15)16-3/h7-8,10-11,13H,4-6,9H2,1-3H3. The van der Waals surface area contributed by atoms with Crippen LogP contribution >= 0.6 is 0 Å². The number of allylic oxidation sites excluding steroid dienone is 2. The molecule has 3 heteroatoms. The van der Waals surface area contributed by atoms with E-state index in [4.69, 9.17) is 9.47 Å². The second kappa shape index (κ2) is 7.15. The van der Waals surface area contributed by atoms with Crippen molar-refractivity contribution in [2.75, 3.05) is 13.7 Å². The molecule has 1 aliphatic rings. The van der Waals surface area contributed by atoms with Crippen molar-refractivity contribution in [3.05, 3.63) is 24.0 Å². The third-order valence-corrected chi connectivity index (χ3v) is 2.95. The fraction of sp³-hybridized carbons (Fsp3) is 0.643. The smallest absolute Gasteiger partial charge is 0.313 e. The zero-order valence-electron chi connectivity index (χ0n) is 10.9. The molecule has 0 aromatic carbocycles. The van der Waals surface area contributed by atoms with E-state index in [2.05, 4.69) is 6.92 Å². The van der Waals surface area contributed by atoms with E-state index >= 15 is 0 Å². The molecular weight excluding hydrogens is 216 g/mol. The van der Waals surface area contributed by atoms with Gasteiger partial charge >= 0.3 is 5.97 Å². The Morgan fingerprint density at radius 1 is 1.41 bits per heavy atom. The van der Waals surface area contributed by atoms with Crippen molar-refractivity contribution >= 4 is 5.97 Å². The van der Waals surface area contributed by atoms with Crippen LogP contribution in [0.4, 0.5) is 0 Å². The monoisotopic (exact) mass is 238 g/mol. The highest BCUT2D eigenvalue weighted by atomic mass is 16.5. The first-order valence-corrected chi connectivity index (χ1v) is 6.29. The lowest BCUT2D eigenvalue weighted by atomic mass is 9.89. The molecule has 0 spiro atoms. The zero-order valence-corrected chi connectivity index (χ0v) is 10.9. The highest BCUT2D eigenvalue weighted by molar-refractivity contribution is 5.75. The largest absolute Gasteiger partial charge is 0.494 e. The van der Waals surface area contributed by atoms with Crippen molar-refractivity contribution in [1.29, 1.82) is 0 Å². The van der Waals surface area contributed by atoms with Crippen molar-refractivity contribution in [2.24, 2.45) is 11.8 Å². The molecule has 0 fully saturated rings. The van der Waals surface area contributed by atoms with Gasteiger partial charge in [0.05, 0.1) is 19.6 Å². The number of unbranched alkanes of at least 4 members (excludes halogenated alkanes) is 2. The third kappa shape index (κ3) is 4.25. The van der Waals surface area contributed by atoms with Crippen LogP contribution in [0.5, 0.6) is 0 Å². The average Bonchev–Trinajstić information content (AvgIpc) is 2.34. The first-order chi connectivity index (χ1) is 8.19. The van der Waals surface area contributed by atoms with Gasteiger partial charge in [0, 0.05) is 0 Å². The number of methoxy groups -OCH3 is 1. The molecular formula is C14H22O3. The predicted octanol–water partition coefficient (Wildman–Crippen LogP) is 3.07. The summed E-state index contributed by atoms with van der Waals surface area (Å²) in [5.41, 5.74) is 0. The maximum absolute atomic E-state index is 11.4. The average molecular weight is 238 g/mol. The van der Waals surface area contributed by atoms with Gasteiger partial charge in [-0.3, -0.25) is 4.79 Å². The molecule has 0 heterocycles. The van der Waals surface area contributed by atoms with Crippen LogP contribution in [0, 0.1) is 11.8 Å². The minimum atomic E-state index is -0.185. The number of ether oxygens (including phenoxy) is 2. The summed E-state index contributed by atoms with van der Waals surface area (Å²) >= 11 is 0. The molecule has 0 N–H and O–H groups in total. The van der Waals surface area contributed by atoms with E-state index < -0.39 is 0 Å².